The summed E-state index contributed by atoms with van der Waals surface area (Å²) in [7, 11) is 0. The molecule has 1 atom stereocenters. The molecule has 1 aliphatic heterocycles. The lowest BCUT2D eigenvalue weighted by Gasteiger charge is -2.15. The van der Waals surface area contributed by atoms with Crippen LogP contribution in [0.3, 0.4) is 0 Å². The average Bonchev–Trinajstić information content (AvgIpc) is 3.20. The summed E-state index contributed by atoms with van der Waals surface area (Å²) in [6.45, 7) is 1.09. The predicted octanol–water partition coefficient (Wildman–Crippen LogP) is 4.09. The molecule has 1 fully saturated rings. The SMILES string of the molecule is O=C(Nc1ccc(Nc2ccc(F)cc2)c2ccncc12)C1CCOC1. The van der Waals surface area contributed by atoms with Gasteiger partial charge in [-0.25, -0.2) is 4.39 Å². The number of aromatic nitrogens is 1. The van der Waals surface area contributed by atoms with E-state index in [4.69, 9.17) is 4.74 Å². The van der Waals surface area contributed by atoms with Crippen molar-refractivity contribution in [3.63, 3.8) is 0 Å². The van der Waals surface area contributed by atoms with E-state index in [0.29, 0.717) is 13.2 Å². The highest BCUT2D eigenvalue weighted by Crippen LogP contribution is 2.32. The van der Waals surface area contributed by atoms with Crippen molar-refractivity contribution in [1.29, 1.82) is 0 Å². The maximum Gasteiger partial charge on any atom is 0.229 e. The molecule has 132 valence electrons. The van der Waals surface area contributed by atoms with Crippen LogP contribution in [0, 0.1) is 11.7 Å². The van der Waals surface area contributed by atoms with Gasteiger partial charge in [0.2, 0.25) is 5.91 Å². The number of fused-ring (bicyclic) bond motifs is 1. The van der Waals surface area contributed by atoms with Gasteiger partial charge in [0.1, 0.15) is 5.82 Å². The number of rotatable bonds is 4. The first-order valence-electron chi connectivity index (χ1n) is 8.48. The van der Waals surface area contributed by atoms with Crippen LogP contribution in [0.2, 0.25) is 0 Å². The maximum atomic E-state index is 13.1. The minimum absolute atomic E-state index is 0.0353. The van der Waals surface area contributed by atoms with Crippen LogP contribution < -0.4 is 10.6 Å². The highest BCUT2D eigenvalue weighted by molar-refractivity contribution is 6.07. The van der Waals surface area contributed by atoms with Gasteiger partial charge in [-0.15, -0.1) is 0 Å². The van der Waals surface area contributed by atoms with Crippen molar-refractivity contribution in [2.24, 2.45) is 5.92 Å². The summed E-state index contributed by atoms with van der Waals surface area (Å²) in [6.07, 6.45) is 4.17. The Kier molecular flexibility index (Phi) is 4.50. The van der Waals surface area contributed by atoms with Crippen LogP contribution in [-0.4, -0.2) is 24.1 Å². The molecule has 0 spiro atoms. The Labute approximate surface area is 150 Å². The summed E-state index contributed by atoms with van der Waals surface area (Å²) >= 11 is 0. The maximum absolute atomic E-state index is 13.1. The van der Waals surface area contributed by atoms with Gasteiger partial charge in [-0.05, 0) is 48.9 Å². The number of ether oxygens (including phenoxy) is 1. The van der Waals surface area contributed by atoms with Crippen LogP contribution in [0.5, 0.6) is 0 Å². The smallest absolute Gasteiger partial charge is 0.229 e. The molecule has 1 amide bonds. The third-order valence-corrected chi connectivity index (χ3v) is 4.50. The fourth-order valence-corrected chi connectivity index (χ4v) is 3.07. The molecule has 0 radical (unpaired) electrons. The Morgan fingerprint density at radius 2 is 1.88 bits per heavy atom. The van der Waals surface area contributed by atoms with Crippen molar-refractivity contribution in [2.45, 2.75) is 6.42 Å². The second-order valence-electron chi connectivity index (χ2n) is 6.26. The topological polar surface area (TPSA) is 63.2 Å². The van der Waals surface area contributed by atoms with Crippen LogP contribution in [0.1, 0.15) is 6.42 Å². The first-order valence-corrected chi connectivity index (χ1v) is 8.48. The number of halogens is 1. The quantitative estimate of drug-likeness (QED) is 0.743. The van der Waals surface area contributed by atoms with Crippen molar-refractivity contribution < 1.29 is 13.9 Å². The number of carbonyl (C=O) groups excluding carboxylic acids is 1. The molecule has 6 heteroatoms. The molecule has 2 N–H and O–H groups in total. The van der Waals surface area contributed by atoms with Gasteiger partial charge in [-0.3, -0.25) is 9.78 Å². The summed E-state index contributed by atoms with van der Waals surface area (Å²) in [5.41, 5.74) is 2.36. The zero-order chi connectivity index (χ0) is 17.9. The van der Waals surface area contributed by atoms with Gasteiger partial charge >= 0.3 is 0 Å². The van der Waals surface area contributed by atoms with Gasteiger partial charge in [-0.1, -0.05) is 0 Å². The predicted molar refractivity (Wildman–Crippen MR) is 99.0 cm³/mol. The summed E-state index contributed by atoms with van der Waals surface area (Å²) < 4.78 is 18.4. The van der Waals surface area contributed by atoms with Crippen molar-refractivity contribution in [3.05, 3.63) is 60.7 Å². The number of benzene rings is 2. The van der Waals surface area contributed by atoms with E-state index < -0.39 is 0 Å². The number of hydrogen-bond acceptors (Lipinski definition) is 4. The normalized spacial score (nSPS) is 16.6. The third kappa shape index (κ3) is 3.36. The van der Waals surface area contributed by atoms with Crippen LogP contribution in [0.4, 0.5) is 21.5 Å². The van der Waals surface area contributed by atoms with Crippen LogP contribution in [-0.2, 0) is 9.53 Å². The number of anilines is 3. The largest absolute Gasteiger partial charge is 0.381 e. The van der Waals surface area contributed by atoms with Crippen molar-refractivity contribution in [1.82, 2.24) is 4.98 Å². The Balaban J connectivity index is 1.64. The van der Waals surface area contributed by atoms with E-state index in [-0.39, 0.29) is 17.6 Å². The fourth-order valence-electron chi connectivity index (χ4n) is 3.07. The Hall–Kier alpha value is -2.99. The molecule has 26 heavy (non-hydrogen) atoms. The molecule has 1 aliphatic rings. The number of nitrogens with zero attached hydrogens (tertiary/aromatic N) is 1. The average molecular weight is 351 g/mol. The van der Waals surface area contributed by atoms with Crippen molar-refractivity contribution >= 4 is 33.7 Å². The highest BCUT2D eigenvalue weighted by atomic mass is 19.1. The summed E-state index contributed by atoms with van der Waals surface area (Å²) in [4.78, 5) is 16.6. The van der Waals surface area contributed by atoms with Gasteiger partial charge in [0.25, 0.3) is 0 Å². The molecular formula is C20H18FN3O2. The van der Waals surface area contributed by atoms with Gasteiger partial charge in [-0.2, -0.15) is 0 Å². The molecule has 3 aromatic rings. The third-order valence-electron chi connectivity index (χ3n) is 4.50. The molecule has 0 bridgehead atoms. The van der Waals surface area contributed by atoms with Crippen LogP contribution in [0.25, 0.3) is 10.8 Å². The van der Waals surface area contributed by atoms with Crippen LogP contribution in [0.15, 0.2) is 54.9 Å². The molecule has 1 saturated heterocycles. The zero-order valence-electron chi connectivity index (χ0n) is 14.0. The number of amides is 1. The molecule has 0 aliphatic carbocycles. The Morgan fingerprint density at radius 1 is 1.08 bits per heavy atom. The number of hydrogen-bond donors (Lipinski definition) is 2. The lowest BCUT2D eigenvalue weighted by molar-refractivity contribution is -0.119. The number of pyridine rings is 1. The molecule has 2 aromatic carbocycles. The minimum atomic E-state index is -0.279. The Bertz CT molecular complexity index is 937. The highest BCUT2D eigenvalue weighted by Gasteiger charge is 2.24. The van der Waals surface area contributed by atoms with E-state index in [0.717, 1.165) is 34.3 Å². The van der Waals surface area contributed by atoms with Crippen molar-refractivity contribution in [3.8, 4) is 0 Å². The number of carbonyl (C=O) groups is 1. The lowest BCUT2D eigenvalue weighted by atomic mass is 10.1. The molecule has 0 saturated carbocycles. The molecular weight excluding hydrogens is 333 g/mol. The van der Waals surface area contributed by atoms with E-state index in [1.807, 2.05) is 18.2 Å². The standard InChI is InChI=1S/C20H18FN3O2/c21-14-1-3-15(4-2-14)23-18-5-6-19(17-11-22-9-7-16(17)18)24-20(25)13-8-10-26-12-13/h1-7,9,11,13,23H,8,10,12H2,(H,24,25). The van der Waals surface area contributed by atoms with Crippen molar-refractivity contribution in [2.75, 3.05) is 23.8 Å². The Morgan fingerprint density at radius 3 is 2.65 bits per heavy atom. The van der Waals surface area contributed by atoms with Gasteiger partial charge in [0, 0.05) is 41.1 Å². The summed E-state index contributed by atoms with van der Waals surface area (Å²) in [6, 6.07) is 11.8. The van der Waals surface area contributed by atoms with E-state index in [9.17, 15) is 9.18 Å². The number of nitrogens with one attached hydrogen (secondary N) is 2. The summed E-state index contributed by atoms with van der Waals surface area (Å²) in [5, 5.41) is 8.03. The molecule has 2 heterocycles. The summed E-state index contributed by atoms with van der Waals surface area (Å²) in [5.74, 6) is -0.427. The van der Waals surface area contributed by atoms with E-state index >= 15 is 0 Å². The molecule has 1 aromatic heterocycles. The zero-order valence-corrected chi connectivity index (χ0v) is 14.0. The molecule has 5 nitrogen and oxygen atoms in total. The fraction of sp³-hybridized carbons (Fsp3) is 0.200. The molecule has 1 unspecified atom stereocenters. The molecule has 4 rings (SSSR count). The first-order chi connectivity index (χ1) is 12.7. The van der Waals surface area contributed by atoms with Gasteiger partial charge < -0.3 is 15.4 Å². The van der Waals surface area contributed by atoms with Gasteiger partial charge in [0.15, 0.2) is 0 Å². The monoisotopic (exact) mass is 351 g/mol. The van der Waals surface area contributed by atoms with Gasteiger partial charge in [0.05, 0.1) is 18.2 Å². The van der Waals surface area contributed by atoms with E-state index in [1.165, 1.54) is 12.1 Å². The van der Waals surface area contributed by atoms with Crippen LogP contribution >= 0.6 is 0 Å². The second-order valence-corrected chi connectivity index (χ2v) is 6.26. The lowest BCUT2D eigenvalue weighted by Crippen LogP contribution is -2.22. The van der Waals surface area contributed by atoms with E-state index in [1.54, 1.807) is 24.5 Å². The first kappa shape index (κ1) is 16.5. The minimum Gasteiger partial charge on any atom is -0.381 e. The van der Waals surface area contributed by atoms with E-state index in [2.05, 4.69) is 15.6 Å². The second kappa shape index (κ2) is 7.09.